The van der Waals surface area contributed by atoms with Gasteiger partial charge in [0.05, 0.1) is 0 Å². The van der Waals surface area contributed by atoms with Gasteiger partial charge in [-0.2, -0.15) is 11.8 Å². The van der Waals surface area contributed by atoms with Crippen molar-refractivity contribution in [1.82, 2.24) is 5.32 Å². The summed E-state index contributed by atoms with van der Waals surface area (Å²) >= 11 is 13.5. The van der Waals surface area contributed by atoms with E-state index in [1.165, 1.54) is 0 Å². The predicted molar refractivity (Wildman–Crippen MR) is 60.8 cm³/mol. The highest BCUT2D eigenvalue weighted by atomic mass is 35.5. The molecule has 1 nitrogen and oxygen atoms in total. The molecule has 0 aromatic carbocycles. The molecule has 0 heterocycles. The second-order valence-electron chi connectivity index (χ2n) is 2.82. The standard InChI is InChI=1S/C8H17Cl2NS/c1-3-8(6-9,7-10)11-4-5-12-2/h11H,3-7H2,1-2H3. The monoisotopic (exact) mass is 229 g/mol. The lowest BCUT2D eigenvalue weighted by molar-refractivity contribution is 0.399. The van der Waals surface area contributed by atoms with Crippen molar-refractivity contribution in [2.75, 3.05) is 30.3 Å². The molecule has 0 rings (SSSR count). The molecule has 0 saturated heterocycles. The Morgan fingerprint density at radius 2 is 1.92 bits per heavy atom. The van der Waals surface area contributed by atoms with Crippen LogP contribution in [0.15, 0.2) is 0 Å². The zero-order chi connectivity index (χ0) is 9.45. The maximum atomic E-state index is 5.85. The van der Waals surface area contributed by atoms with Crippen molar-refractivity contribution >= 4 is 35.0 Å². The highest BCUT2D eigenvalue weighted by Gasteiger charge is 2.24. The highest BCUT2D eigenvalue weighted by molar-refractivity contribution is 7.98. The topological polar surface area (TPSA) is 12.0 Å². The minimum atomic E-state index is -0.0567. The van der Waals surface area contributed by atoms with Crippen LogP contribution in [0, 0.1) is 0 Å². The van der Waals surface area contributed by atoms with Gasteiger partial charge in [0.1, 0.15) is 0 Å². The number of alkyl halides is 2. The van der Waals surface area contributed by atoms with Crippen LogP contribution in [-0.2, 0) is 0 Å². The first kappa shape index (κ1) is 12.9. The number of hydrogen-bond donors (Lipinski definition) is 1. The lowest BCUT2D eigenvalue weighted by atomic mass is 10.0. The number of nitrogens with one attached hydrogen (secondary N) is 1. The van der Waals surface area contributed by atoms with Gasteiger partial charge in [0.25, 0.3) is 0 Å². The van der Waals surface area contributed by atoms with Crippen LogP contribution in [0.3, 0.4) is 0 Å². The average Bonchev–Trinajstić information content (AvgIpc) is 2.14. The van der Waals surface area contributed by atoms with Gasteiger partial charge in [0, 0.05) is 29.6 Å². The van der Waals surface area contributed by atoms with E-state index in [1.807, 2.05) is 11.8 Å². The Kier molecular flexibility index (Phi) is 7.85. The molecule has 12 heavy (non-hydrogen) atoms. The van der Waals surface area contributed by atoms with Crippen molar-refractivity contribution in [1.29, 1.82) is 0 Å². The van der Waals surface area contributed by atoms with Gasteiger partial charge in [0.2, 0.25) is 0 Å². The second-order valence-corrected chi connectivity index (χ2v) is 4.34. The summed E-state index contributed by atoms with van der Waals surface area (Å²) in [6.07, 6.45) is 3.07. The average molecular weight is 230 g/mol. The zero-order valence-electron chi connectivity index (χ0n) is 7.70. The van der Waals surface area contributed by atoms with Gasteiger partial charge in [-0.05, 0) is 12.7 Å². The Morgan fingerprint density at radius 3 is 2.25 bits per heavy atom. The fraction of sp³-hybridized carbons (Fsp3) is 1.00. The van der Waals surface area contributed by atoms with Crippen molar-refractivity contribution in [3.8, 4) is 0 Å². The molecule has 0 atom stereocenters. The smallest absolute Gasteiger partial charge is 0.0451 e. The molecule has 0 aromatic rings. The fourth-order valence-corrected chi connectivity index (χ4v) is 2.02. The van der Waals surface area contributed by atoms with Crippen molar-refractivity contribution in [3.05, 3.63) is 0 Å². The maximum absolute atomic E-state index is 5.85. The van der Waals surface area contributed by atoms with E-state index in [0.717, 1.165) is 18.7 Å². The van der Waals surface area contributed by atoms with Crippen LogP contribution in [0.1, 0.15) is 13.3 Å². The Labute approximate surface area is 89.6 Å². The normalized spacial score (nSPS) is 12.0. The molecule has 0 saturated carbocycles. The van der Waals surface area contributed by atoms with Crippen LogP contribution < -0.4 is 5.32 Å². The lowest BCUT2D eigenvalue weighted by Gasteiger charge is -2.29. The Morgan fingerprint density at radius 1 is 1.33 bits per heavy atom. The molecule has 0 bridgehead atoms. The van der Waals surface area contributed by atoms with Crippen LogP contribution in [-0.4, -0.2) is 35.9 Å². The zero-order valence-corrected chi connectivity index (χ0v) is 10.0. The summed E-state index contributed by atoms with van der Waals surface area (Å²) in [7, 11) is 0. The summed E-state index contributed by atoms with van der Waals surface area (Å²) in [6, 6.07) is 0. The molecule has 0 spiro atoms. The van der Waals surface area contributed by atoms with Crippen LogP contribution in [0.2, 0.25) is 0 Å². The van der Waals surface area contributed by atoms with E-state index in [4.69, 9.17) is 23.2 Å². The molecule has 0 radical (unpaired) electrons. The third-order valence-corrected chi connectivity index (χ3v) is 3.63. The molecule has 0 amide bonds. The van der Waals surface area contributed by atoms with Crippen molar-refractivity contribution in [3.63, 3.8) is 0 Å². The number of rotatable bonds is 7. The van der Waals surface area contributed by atoms with Crippen molar-refractivity contribution in [2.45, 2.75) is 18.9 Å². The molecule has 0 aromatic heterocycles. The minimum Gasteiger partial charge on any atom is -0.308 e. The van der Waals surface area contributed by atoms with E-state index in [0.29, 0.717) is 11.8 Å². The Balaban J connectivity index is 3.76. The van der Waals surface area contributed by atoms with Gasteiger partial charge in [0.15, 0.2) is 0 Å². The summed E-state index contributed by atoms with van der Waals surface area (Å²) in [6.45, 7) is 3.09. The number of thioether (sulfide) groups is 1. The summed E-state index contributed by atoms with van der Waals surface area (Å²) in [5.74, 6) is 2.28. The molecule has 0 fully saturated rings. The van der Waals surface area contributed by atoms with E-state index in [9.17, 15) is 0 Å². The minimum absolute atomic E-state index is 0.0567. The van der Waals surface area contributed by atoms with Crippen LogP contribution in [0.25, 0.3) is 0 Å². The molecule has 0 aliphatic carbocycles. The summed E-state index contributed by atoms with van der Waals surface area (Å²) in [4.78, 5) is 0. The van der Waals surface area contributed by atoms with Gasteiger partial charge < -0.3 is 5.32 Å². The molecule has 0 aliphatic heterocycles. The first-order chi connectivity index (χ1) is 5.74. The van der Waals surface area contributed by atoms with Crippen LogP contribution >= 0.6 is 35.0 Å². The third-order valence-electron chi connectivity index (χ3n) is 1.99. The third kappa shape index (κ3) is 4.22. The highest BCUT2D eigenvalue weighted by Crippen LogP contribution is 2.14. The number of halogens is 2. The molecule has 0 unspecified atom stereocenters. The van der Waals surface area contributed by atoms with Crippen molar-refractivity contribution < 1.29 is 0 Å². The molecule has 1 N–H and O–H groups in total. The fourth-order valence-electron chi connectivity index (χ4n) is 0.862. The van der Waals surface area contributed by atoms with E-state index in [1.54, 1.807) is 0 Å². The SMILES string of the molecule is CCC(CCl)(CCl)NCCSC. The van der Waals surface area contributed by atoms with Gasteiger partial charge in [-0.25, -0.2) is 0 Å². The molecular weight excluding hydrogens is 213 g/mol. The van der Waals surface area contributed by atoms with Crippen LogP contribution in [0.4, 0.5) is 0 Å². The Hall–Kier alpha value is 0.890. The van der Waals surface area contributed by atoms with Gasteiger partial charge >= 0.3 is 0 Å². The first-order valence-corrected chi connectivity index (χ1v) is 6.57. The summed E-state index contributed by atoms with van der Waals surface area (Å²) in [5.41, 5.74) is -0.0567. The molecule has 74 valence electrons. The van der Waals surface area contributed by atoms with E-state index in [-0.39, 0.29) is 5.54 Å². The number of hydrogen-bond acceptors (Lipinski definition) is 2. The largest absolute Gasteiger partial charge is 0.308 e. The van der Waals surface area contributed by atoms with Gasteiger partial charge in [-0.3, -0.25) is 0 Å². The second kappa shape index (κ2) is 7.31. The van der Waals surface area contributed by atoms with Crippen LogP contribution in [0.5, 0.6) is 0 Å². The molecule has 4 heteroatoms. The first-order valence-electron chi connectivity index (χ1n) is 4.10. The van der Waals surface area contributed by atoms with E-state index in [2.05, 4.69) is 18.5 Å². The van der Waals surface area contributed by atoms with E-state index < -0.39 is 0 Å². The van der Waals surface area contributed by atoms with Gasteiger partial charge in [-0.1, -0.05) is 6.92 Å². The predicted octanol–water partition coefficient (Wildman–Crippen LogP) is 2.57. The van der Waals surface area contributed by atoms with E-state index >= 15 is 0 Å². The van der Waals surface area contributed by atoms with Crippen molar-refractivity contribution in [2.24, 2.45) is 0 Å². The maximum Gasteiger partial charge on any atom is 0.0451 e. The Bertz CT molecular complexity index is 99.0. The summed E-state index contributed by atoms with van der Waals surface area (Å²) < 4.78 is 0. The molecular formula is C8H17Cl2NS. The summed E-state index contributed by atoms with van der Waals surface area (Å²) in [5, 5.41) is 3.40. The lowest BCUT2D eigenvalue weighted by Crippen LogP contribution is -2.49. The van der Waals surface area contributed by atoms with Gasteiger partial charge in [-0.15, -0.1) is 23.2 Å². The molecule has 0 aliphatic rings. The quantitative estimate of drug-likeness (QED) is 0.533.